The van der Waals surface area contributed by atoms with Crippen LogP contribution in [0, 0.1) is 0 Å². The first kappa shape index (κ1) is 19.3. The third-order valence-electron chi connectivity index (χ3n) is 4.80. The van der Waals surface area contributed by atoms with Crippen LogP contribution >= 0.6 is 0 Å². The van der Waals surface area contributed by atoms with E-state index in [4.69, 9.17) is 5.73 Å². The van der Waals surface area contributed by atoms with Gasteiger partial charge in [0, 0.05) is 23.9 Å². The Morgan fingerprint density at radius 1 is 1.00 bits per heavy atom. The predicted molar refractivity (Wildman–Crippen MR) is 105 cm³/mol. The van der Waals surface area contributed by atoms with Crippen LogP contribution in [0.25, 0.3) is 5.57 Å². The number of nitrogen functional groups attached to an aromatic ring is 1. The standard InChI is InChI=1S/C20H31N5/c1-3-16(14-15-22-4-2)19-18(23-20(21)25-24-19)17-12-10-8-6-5-7-9-11-13-17/h3-4,14-15,17H,5-13H2,1-2H3,(H2,21,23,25)/b15-14-,16-3+,22-4-. The van der Waals surface area contributed by atoms with E-state index in [0.717, 1.165) is 29.8 Å². The highest BCUT2D eigenvalue weighted by Gasteiger charge is 2.21. The van der Waals surface area contributed by atoms with Gasteiger partial charge in [-0.15, -0.1) is 10.2 Å². The Balaban J connectivity index is 2.31. The van der Waals surface area contributed by atoms with E-state index < -0.39 is 0 Å². The maximum absolute atomic E-state index is 5.88. The van der Waals surface area contributed by atoms with E-state index >= 15 is 0 Å². The molecule has 1 heterocycles. The Labute approximate surface area is 151 Å². The molecule has 0 atom stereocenters. The molecular formula is C20H31N5. The third-order valence-corrected chi connectivity index (χ3v) is 4.80. The van der Waals surface area contributed by atoms with Crippen LogP contribution in [0.15, 0.2) is 23.3 Å². The molecule has 1 aliphatic rings. The SMILES string of the molecule is C\C=N/C=C\C(=C/C)c1nnc(N)nc1C1CCCCCCCCC1. The molecule has 1 aliphatic carbocycles. The predicted octanol–water partition coefficient (Wildman–Crippen LogP) is 5.07. The molecule has 2 rings (SSSR count). The minimum Gasteiger partial charge on any atom is -0.366 e. The quantitative estimate of drug-likeness (QED) is 0.612. The number of anilines is 1. The lowest BCUT2D eigenvalue weighted by Gasteiger charge is -2.20. The van der Waals surface area contributed by atoms with Crippen molar-refractivity contribution in [1.29, 1.82) is 0 Å². The molecule has 0 aliphatic heterocycles. The van der Waals surface area contributed by atoms with E-state index in [2.05, 4.69) is 20.2 Å². The van der Waals surface area contributed by atoms with Crippen LogP contribution in [-0.4, -0.2) is 21.4 Å². The molecule has 1 aromatic rings. The molecule has 0 spiro atoms. The molecule has 1 saturated carbocycles. The number of aromatic nitrogens is 3. The summed E-state index contributed by atoms with van der Waals surface area (Å²) in [6, 6.07) is 0. The molecule has 0 amide bonds. The fourth-order valence-corrected chi connectivity index (χ4v) is 3.45. The van der Waals surface area contributed by atoms with Crippen molar-refractivity contribution in [3.63, 3.8) is 0 Å². The molecule has 5 heteroatoms. The van der Waals surface area contributed by atoms with E-state index in [1.165, 1.54) is 44.9 Å². The lowest BCUT2D eigenvalue weighted by atomic mass is 9.88. The number of nitrogens with zero attached hydrogens (tertiary/aromatic N) is 4. The van der Waals surface area contributed by atoms with Crippen LogP contribution in [0.2, 0.25) is 0 Å². The summed E-state index contributed by atoms with van der Waals surface area (Å²) in [5.41, 5.74) is 8.73. The van der Waals surface area contributed by atoms with Gasteiger partial charge in [0.2, 0.25) is 5.95 Å². The molecule has 136 valence electrons. The highest BCUT2D eigenvalue weighted by Crippen LogP contribution is 2.33. The molecule has 0 saturated heterocycles. The molecule has 0 bridgehead atoms. The third kappa shape index (κ3) is 6.07. The number of hydrogen-bond acceptors (Lipinski definition) is 5. The number of nitrogens with two attached hydrogens (primary N) is 1. The van der Waals surface area contributed by atoms with Crippen molar-refractivity contribution >= 4 is 17.7 Å². The van der Waals surface area contributed by atoms with Crippen molar-refractivity contribution in [3.05, 3.63) is 29.7 Å². The Bertz CT molecular complexity index is 609. The minimum atomic E-state index is 0.266. The number of aliphatic imine (C=N–C) groups is 1. The fourth-order valence-electron chi connectivity index (χ4n) is 3.45. The Morgan fingerprint density at radius 2 is 1.64 bits per heavy atom. The molecular weight excluding hydrogens is 310 g/mol. The molecule has 1 fully saturated rings. The Hall–Kier alpha value is -2.04. The zero-order chi connectivity index (χ0) is 17.9. The second-order valence-corrected chi connectivity index (χ2v) is 6.62. The highest BCUT2D eigenvalue weighted by atomic mass is 15.2. The van der Waals surface area contributed by atoms with Gasteiger partial charge in [-0.2, -0.15) is 0 Å². The van der Waals surface area contributed by atoms with Crippen LogP contribution in [-0.2, 0) is 0 Å². The molecule has 5 nitrogen and oxygen atoms in total. The van der Waals surface area contributed by atoms with Gasteiger partial charge in [-0.25, -0.2) is 4.98 Å². The Morgan fingerprint density at radius 3 is 2.24 bits per heavy atom. The summed E-state index contributed by atoms with van der Waals surface area (Å²) >= 11 is 0. The molecule has 0 radical (unpaired) electrons. The maximum atomic E-state index is 5.88. The number of hydrogen-bond donors (Lipinski definition) is 1. The van der Waals surface area contributed by atoms with Crippen LogP contribution in [0.1, 0.15) is 88.9 Å². The van der Waals surface area contributed by atoms with Crippen molar-refractivity contribution in [2.75, 3.05) is 5.73 Å². The van der Waals surface area contributed by atoms with Crippen LogP contribution < -0.4 is 5.73 Å². The van der Waals surface area contributed by atoms with Gasteiger partial charge in [0.15, 0.2) is 0 Å². The van der Waals surface area contributed by atoms with Crippen molar-refractivity contribution in [3.8, 4) is 0 Å². The summed E-state index contributed by atoms with van der Waals surface area (Å²) in [5, 5.41) is 8.40. The lowest BCUT2D eigenvalue weighted by molar-refractivity contribution is 0.455. The smallest absolute Gasteiger partial charge is 0.240 e. The van der Waals surface area contributed by atoms with E-state index in [1.807, 2.05) is 26.0 Å². The summed E-state index contributed by atoms with van der Waals surface area (Å²) in [5.74, 6) is 0.672. The van der Waals surface area contributed by atoms with Crippen molar-refractivity contribution < 1.29 is 0 Å². The summed E-state index contributed by atoms with van der Waals surface area (Å²) in [6.07, 6.45) is 19.0. The van der Waals surface area contributed by atoms with Crippen LogP contribution in [0.5, 0.6) is 0 Å². The maximum Gasteiger partial charge on any atom is 0.240 e. The first-order chi connectivity index (χ1) is 12.3. The van der Waals surface area contributed by atoms with E-state index in [0.29, 0.717) is 5.92 Å². The first-order valence-electron chi connectivity index (χ1n) is 9.57. The van der Waals surface area contributed by atoms with Crippen molar-refractivity contribution in [2.24, 2.45) is 4.99 Å². The summed E-state index contributed by atoms with van der Waals surface area (Å²) in [7, 11) is 0. The highest BCUT2D eigenvalue weighted by molar-refractivity contribution is 5.73. The lowest BCUT2D eigenvalue weighted by Crippen LogP contribution is -2.12. The zero-order valence-electron chi connectivity index (χ0n) is 15.6. The van der Waals surface area contributed by atoms with Crippen molar-refractivity contribution in [2.45, 2.75) is 77.6 Å². The molecule has 1 aromatic heterocycles. The van der Waals surface area contributed by atoms with Crippen LogP contribution in [0.3, 0.4) is 0 Å². The molecule has 0 aromatic carbocycles. The van der Waals surface area contributed by atoms with Crippen LogP contribution in [0.4, 0.5) is 5.95 Å². The monoisotopic (exact) mass is 341 g/mol. The second-order valence-electron chi connectivity index (χ2n) is 6.62. The largest absolute Gasteiger partial charge is 0.366 e. The molecule has 2 N–H and O–H groups in total. The average molecular weight is 342 g/mol. The average Bonchev–Trinajstić information content (AvgIpc) is 2.63. The van der Waals surface area contributed by atoms with Crippen molar-refractivity contribution in [1.82, 2.24) is 15.2 Å². The zero-order valence-corrected chi connectivity index (χ0v) is 15.6. The number of allylic oxidation sites excluding steroid dienone is 3. The van der Waals surface area contributed by atoms with E-state index in [9.17, 15) is 0 Å². The summed E-state index contributed by atoms with van der Waals surface area (Å²) in [6.45, 7) is 3.90. The number of rotatable bonds is 4. The van der Waals surface area contributed by atoms with Gasteiger partial charge in [-0.3, -0.25) is 4.99 Å². The van der Waals surface area contributed by atoms with Gasteiger partial charge < -0.3 is 5.73 Å². The van der Waals surface area contributed by atoms with Gasteiger partial charge in [-0.1, -0.05) is 51.0 Å². The van der Waals surface area contributed by atoms with Gasteiger partial charge in [0.1, 0.15) is 5.69 Å². The second kappa shape index (κ2) is 10.7. The van der Waals surface area contributed by atoms with Gasteiger partial charge in [0.25, 0.3) is 0 Å². The van der Waals surface area contributed by atoms with Gasteiger partial charge in [-0.05, 0) is 32.8 Å². The van der Waals surface area contributed by atoms with Gasteiger partial charge in [0.05, 0.1) is 5.69 Å². The Kier molecular flexibility index (Phi) is 8.29. The molecule has 0 unspecified atom stereocenters. The minimum absolute atomic E-state index is 0.266. The summed E-state index contributed by atoms with van der Waals surface area (Å²) < 4.78 is 0. The summed E-state index contributed by atoms with van der Waals surface area (Å²) in [4.78, 5) is 8.77. The van der Waals surface area contributed by atoms with E-state index in [1.54, 1.807) is 12.4 Å². The molecule has 25 heavy (non-hydrogen) atoms. The fraction of sp³-hybridized carbons (Fsp3) is 0.600. The van der Waals surface area contributed by atoms with E-state index in [-0.39, 0.29) is 5.95 Å². The first-order valence-corrected chi connectivity index (χ1v) is 9.57. The topological polar surface area (TPSA) is 77.0 Å². The van der Waals surface area contributed by atoms with Gasteiger partial charge >= 0.3 is 0 Å². The normalized spacial score (nSPS) is 18.9.